The minimum Gasteiger partial charge on any atom is -0.481 e. The van der Waals surface area contributed by atoms with Crippen LogP contribution in [0.4, 0.5) is 0 Å². The second kappa shape index (κ2) is 13.6. The summed E-state index contributed by atoms with van der Waals surface area (Å²) in [6, 6.07) is 0. The van der Waals surface area contributed by atoms with Crippen LogP contribution in [0.1, 0.15) is 112 Å². The van der Waals surface area contributed by atoms with Gasteiger partial charge in [-0.25, -0.2) is 0 Å². The molecule has 2 rings (SSSR count). The van der Waals surface area contributed by atoms with Crippen LogP contribution in [-0.2, 0) is 14.3 Å². The number of ether oxygens (including phenoxy) is 1. The van der Waals surface area contributed by atoms with Crippen molar-refractivity contribution in [1.29, 1.82) is 0 Å². The van der Waals surface area contributed by atoms with Gasteiger partial charge in [-0.1, -0.05) is 79.6 Å². The van der Waals surface area contributed by atoms with Crippen LogP contribution in [0.5, 0.6) is 0 Å². The Morgan fingerprint density at radius 2 is 1.66 bits per heavy atom. The number of unbranched alkanes of at least 4 members (excludes halogenated alkanes) is 5. The average molecular weight is 451 g/mol. The smallest absolute Gasteiger partial charge is 0.309 e. The second-order valence-electron chi connectivity index (χ2n) is 11.3. The number of rotatable bonds is 12. The van der Waals surface area contributed by atoms with Crippen LogP contribution in [0.25, 0.3) is 0 Å². The summed E-state index contributed by atoms with van der Waals surface area (Å²) in [6.07, 6.45) is 14.1. The molecule has 0 saturated heterocycles. The quantitative estimate of drug-likeness (QED) is 0.249. The van der Waals surface area contributed by atoms with Crippen molar-refractivity contribution in [2.24, 2.45) is 47.3 Å². The van der Waals surface area contributed by atoms with Crippen LogP contribution >= 0.6 is 0 Å². The van der Waals surface area contributed by atoms with Gasteiger partial charge in [0.05, 0.1) is 18.4 Å². The highest BCUT2D eigenvalue weighted by Crippen LogP contribution is 2.45. The van der Waals surface area contributed by atoms with E-state index in [4.69, 9.17) is 4.74 Å². The molecule has 7 atom stereocenters. The van der Waals surface area contributed by atoms with E-state index in [-0.39, 0.29) is 11.9 Å². The number of carbonyl (C=O) groups excluding carboxylic acids is 1. The number of carboxylic acids is 1. The number of hydrogen-bond donors (Lipinski definition) is 1. The van der Waals surface area contributed by atoms with Gasteiger partial charge >= 0.3 is 11.9 Å². The molecule has 32 heavy (non-hydrogen) atoms. The Morgan fingerprint density at radius 3 is 2.31 bits per heavy atom. The summed E-state index contributed by atoms with van der Waals surface area (Å²) >= 11 is 0. The third-order valence-electron chi connectivity index (χ3n) is 8.84. The summed E-state index contributed by atoms with van der Waals surface area (Å²) in [5.41, 5.74) is 0. The number of esters is 1. The molecule has 0 spiro atoms. The van der Waals surface area contributed by atoms with Gasteiger partial charge in [-0.15, -0.1) is 0 Å². The van der Waals surface area contributed by atoms with E-state index in [1.54, 1.807) is 0 Å². The molecule has 1 N–H and O–H groups in total. The summed E-state index contributed by atoms with van der Waals surface area (Å²) in [5.74, 6) is 1.00. The summed E-state index contributed by atoms with van der Waals surface area (Å²) in [7, 11) is 0. The molecule has 0 amide bonds. The molecule has 2 fully saturated rings. The molecular formula is C28H50O4. The van der Waals surface area contributed by atoms with Crippen molar-refractivity contribution in [3.05, 3.63) is 0 Å². The van der Waals surface area contributed by atoms with E-state index < -0.39 is 17.8 Å². The fourth-order valence-corrected chi connectivity index (χ4v) is 6.71. The zero-order chi connectivity index (χ0) is 23.7. The van der Waals surface area contributed by atoms with Crippen molar-refractivity contribution >= 4 is 11.9 Å². The van der Waals surface area contributed by atoms with Gasteiger partial charge in [-0.2, -0.15) is 0 Å². The lowest BCUT2D eigenvalue weighted by Crippen LogP contribution is -2.41. The Morgan fingerprint density at radius 1 is 0.969 bits per heavy atom. The summed E-state index contributed by atoms with van der Waals surface area (Å²) in [6.45, 7) is 11.8. The van der Waals surface area contributed by atoms with Gasteiger partial charge < -0.3 is 9.84 Å². The van der Waals surface area contributed by atoms with Crippen LogP contribution in [-0.4, -0.2) is 23.7 Å². The molecule has 2 aliphatic carbocycles. The van der Waals surface area contributed by atoms with Gasteiger partial charge in [0.1, 0.15) is 0 Å². The minimum atomic E-state index is -0.844. The Balaban J connectivity index is 1.90. The number of carbonyl (C=O) groups is 2. The van der Waals surface area contributed by atoms with Gasteiger partial charge in [-0.3, -0.25) is 9.59 Å². The molecule has 0 radical (unpaired) electrons. The Hall–Kier alpha value is -1.06. The Bertz CT molecular complexity index is 572. The Labute approximate surface area is 197 Å². The summed E-state index contributed by atoms with van der Waals surface area (Å²) in [4.78, 5) is 24.6. The molecule has 4 nitrogen and oxygen atoms in total. The molecular weight excluding hydrogens is 400 g/mol. The average Bonchev–Trinajstić information content (AvgIpc) is 2.75. The van der Waals surface area contributed by atoms with Crippen LogP contribution in [0.15, 0.2) is 0 Å². The molecule has 0 aromatic heterocycles. The first-order chi connectivity index (χ1) is 15.3. The van der Waals surface area contributed by atoms with Gasteiger partial charge in [0.15, 0.2) is 0 Å². The van der Waals surface area contributed by atoms with Crippen LogP contribution in [0.3, 0.4) is 0 Å². The first-order valence-electron chi connectivity index (χ1n) is 13.7. The third kappa shape index (κ3) is 7.48. The van der Waals surface area contributed by atoms with Crippen molar-refractivity contribution in [2.45, 2.75) is 112 Å². The maximum Gasteiger partial charge on any atom is 0.309 e. The summed E-state index contributed by atoms with van der Waals surface area (Å²) < 4.78 is 5.83. The van der Waals surface area contributed by atoms with Crippen molar-refractivity contribution in [3.8, 4) is 0 Å². The molecule has 0 bridgehead atoms. The first kappa shape index (κ1) is 27.2. The van der Waals surface area contributed by atoms with Crippen LogP contribution in [0, 0.1) is 47.3 Å². The van der Waals surface area contributed by atoms with Crippen LogP contribution in [0.2, 0.25) is 0 Å². The van der Waals surface area contributed by atoms with Gasteiger partial charge in [0, 0.05) is 0 Å². The molecule has 186 valence electrons. The van der Waals surface area contributed by atoms with Gasteiger partial charge in [0.25, 0.3) is 0 Å². The van der Waals surface area contributed by atoms with E-state index in [1.165, 1.54) is 51.4 Å². The standard InChI is InChI=1S/C28H50O4/c1-6-7-8-9-10-11-14-24-21(5)22(16-17-23(24)19(2)3)18-32-28(31)25-15-12-13-20(4)26(25)27(29)30/h19-26H,6-18H2,1-5H3,(H,29,30). The molecule has 4 heteroatoms. The van der Waals surface area contributed by atoms with Crippen molar-refractivity contribution in [3.63, 3.8) is 0 Å². The molecule has 0 aliphatic heterocycles. The molecule has 2 aliphatic rings. The van der Waals surface area contributed by atoms with E-state index in [9.17, 15) is 14.7 Å². The van der Waals surface area contributed by atoms with Crippen LogP contribution < -0.4 is 0 Å². The zero-order valence-corrected chi connectivity index (χ0v) is 21.5. The van der Waals surface area contributed by atoms with E-state index in [0.29, 0.717) is 36.7 Å². The van der Waals surface area contributed by atoms with E-state index in [2.05, 4.69) is 27.7 Å². The van der Waals surface area contributed by atoms with E-state index in [0.717, 1.165) is 25.2 Å². The molecule has 2 saturated carbocycles. The molecule has 0 aromatic carbocycles. The predicted molar refractivity (Wildman–Crippen MR) is 130 cm³/mol. The maximum atomic E-state index is 12.9. The van der Waals surface area contributed by atoms with Crippen molar-refractivity contribution in [1.82, 2.24) is 0 Å². The largest absolute Gasteiger partial charge is 0.481 e. The number of aliphatic carboxylic acids is 1. The normalized spacial score (nSPS) is 33.2. The number of hydrogen-bond acceptors (Lipinski definition) is 3. The maximum absolute atomic E-state index is 12.9. The minimum absolute atomic E-state index is 0.0425. The first-order valence-corrected chi connectivity index (χ1v) is 13.7. The van der Waals surface area contributed by atoms with E-state index in [1.807, 2.05) is 6.92 Å². The topological polar surface area (TPSA) is 63.6 Å². The highest BCUT2D eigenvalue weighted by Gasteiger charge is 2.42. The predicted octanol–water partition coefficient (Wildman–Crippen LogP) is 7.35. The lowest BCUT2D eigenvalue weighted by atomic mass is 9.63. The number of carboxylic acid groups (broad SMARTS) is 1. The highest BCUT2D eigenvalue weighted by atomic mass is 16.5. The molecule has 7 unspecified atom stereocenters. The fraction of sp³-hybridized carbons (Fsp3) is 0.929. The van der Waals surface area contributed by atoms with E-state index >= 15 is 0 Å². The second-order valence-corrected chi connectivity index (χ2v) is 11.3. The van der Waals surface area contributed by atoms with Gasteiger partial charge in [0.2, 0.25) is 0 Å². The van der Waals surface area contributed by atoms with Crippen molar-refractivity contribution < 1.29 is 19.4 Å². The SMILES string of the molecule is CCCCCCCCC1C(C)C(COC(=O)C2CCCC(C)C2C(=O)O)CCC1C(C)C. The monoisotopic (exact) mass is 450 g/mol. The lowest BCUT2D eigenvalue weighted by Gasteiger charge is -2.44. The highest BCUT2D eigenvalue weighted by molar-refractivity contribution is 5.81. The summed E-state index contributed by atoms with van der Waals surface area (Å²) in [5, 5.41) is 9.65. The van der Waals surface area contributed by atoms with Gasteiger partial charge in [-0.05, 0) is 67.6 Å². The lowest BCUT2D eigenvalue weighted by molar-refractivity contribution is -0.164. The molecule has 0 aromatic rings. The zero-order valence-electron chi connectivity index (χ0n) is 21.5. The van der Waals surface area contributed by atoms with Crippen molar-refractivity contribution in [2.75, 3.05) is 6.61 Å². The Kier molecular flexibility index (Phi) is 11.6. The molecule has 0 heterocycles. The third-order valence-corrected chi connectivity index (χ3v) is 8.84. The fourth-order valence-electron chi connectivity index (χ4n) is 6.71.